The van der Waals surface area contributed by atoms with E-state index < -0.39 is 0 Å². The average molecular weight is 384 g/mol. The highest BCUT2D eigenvalue weighted by Gasteiger charge is 2.37. The van der Waals surface area contributed by atoms with Crippen molar-refractivity contribution in [2.24, 2.45) is 0 Å². The first-order chi connectivity index (χ1) is 13.7. The molecule has 2 atom stereocenters. The molecule has 4 rings (SSSR count). The number of fused-ring (bicyclic) bond motifs is 2. The zero-order valence-corrected chi connectivity index (χ0v) is 16.5. The van der Waals surface area contributed by atoms with Gasteiger partial charge in [-0.2, -0.15) is 5.10 Å². The molecular formula is C21H28N4O3. The fraction of sp³-hybridized carbons (Fsp3) is 0.524. The molecule has 2 unspecified atom stereocenters. The first-order valence-corrected chi connectivity index (χ1v) is 9.95. The molecule has 7 heteroatoms. The summed E-state index contributed by atoms with van der Waals surface area (Å²) in [6.45, 7) is 0.829. The summed E-state index contributed by atoms with van der Waals surface area (Å²) in [5.74, 6) is 0.406. The van der Waals surface area contributed by atoms with Gasteiger partial charge in [-0.1, -0.05) is 18.2 Å². The number of benzene rings is 1. The lowest BCUT2D eigenvalue weighted by Gasteiger charge is -2.35. The molecule has 7 nitrogen and oxygen atoms in total. The zero-order valence-electron chi connectivity index (χ0n) is 16.5. The van der Waals surface area contributed by atoms with E-state index in [0.29, 0.717) is 36.7 Å². The number of nitrogens with zero attached hydrogens (tertiary/aromatic N) is 3. The van der Waals surface area contributed by atoms with E-state index in [1.807, 2.05) is 42.3 Å². The number of ether oxygens (including phenoxy) is 2. The molecule has 2 saturated heterocycles. The Kier molecular flexibility index (Phi) is 5.64. The maximum atomic E-state index is 13.3. The molecule has 0 saturated carbocycles. The van der Waals surface area contributed by atoms with E-state index in [1.165, 1.54) is 12.8 Å². The Morgan fingerprint density at radius 1 is 1.21 bits per heavy atom. The van der Waals surface area contributed by atoms with Gasteiger partial charge in [0.05, 0.1) is 18.5 Å². The highest BCUT2D eigenvalue weighted by atomic mass is 16.5. The van der Waals surface area contributed by atoms with Crippen LogP contribution in [0, 0.1) is 0 Å². The van der Waals surface area contributed by atoms with E-state index >= 15 is 0 Å². The maximum Gasteiger partial charge on any atom is 0.278 e. The van der Waals surface area contributed by atoms with Crippen LogP contribution in [0.1, 0.15) is 36.2 Å². The normalized spacial score (nSPS) is 23.6. The van der Waals surface area contributed by atoms with Crippen molar-refractivity contribution in [2.45, 2.75) is 43.8 Å². The van der Waals surface area contributed by atoms with E-state index in [1.54, 1.807) is 18.0 Å². The smallest absolute Gasteiger partial charge is 0.278 e. The van der Waals surface area contributed by atoms with Crippen molar-refractivity contribution in [3.8, 4) is 11.4 Å². The van der Waals surface area contributed by atoms with Gasteiger partial charge in [0.25, 0.3) is 5.91 Å². The standard InChI is InChI=1S/C21H28N4O3/c1-24(18-12-15-8-9-16(13-18)22-15)21(26)20-19(28-11-10-27-2)14-25(23-20)17-6-4-3-5-7-17/h3-7,14-16,18,22H,8-13H2,1-2H3. The van der Waals surface area contributed by atoms with Crippen LogP contribution in [0.15, 0.2) is 36.5 Å². The third kappa shape index (κ3) is 3.91. The van der Waals surface area contributed by atoms with Gasteiger partial charge in [-0.05, 0) is 37.8 Å². The van der Waals surface area contributed by atoms with Crippen LogP contribution in [-0.4, -0.2) is 66.1 Å². The molecule has 2 fully saturated rings. The highest BCUT2D eigenvalue weighted by molar-refractivity contribution is 5.95. The lowest BCUT2D eigenvalue weighted by atomic mass is 9.98. The summed E-state index contributed by atoms with van der Waals surface area (Å²) in [5, 5.41) is 8.20. The Hall–Kier alpha value is -2.38. The monoisotopic (exact) mass is 384 g/mol. The minimum Gasteiger partial charge on any atom is -0.487 e. The fourth-order valence-corrected chi connectivity index (χ4v) is 4.24. The average Bonchev–Trinajstić information content (AvgIpc) is 3.30. The molecule has 28 heavy (non-hydrogen) atoms. The molecule has 1 aromatic carbocycles. The Bertz CT molecular complexity index is 795. The van der Waals surface area contributed by atoms with Gasteiger partial charge in [0, 0.05) is 32.3 Å². The second kappa shape index (κ2) is 8.32. The van der Waals surface area contributed by atoms with E-state index in [-0.39, 0.29) is 11.9 Å². The van der Waals surface area contributed by atoms with Gasteiger partial charge in [-0.15, -0.1) is 0 Å². The van der Waals surface area contributed by atoms with Crippen molar-refractivity contribution >= 4 is 5.91 Å². The predicted octanol–water partition coefficient (Wildman–Crippen LogP) is 2.25. The van der Waals surface area contributed by atoms with Gasteiger partial charge < -0.3 is 19.7 Å². The summed E-state index contributed by atoms with van der Waals surface area (Å²) in [7, 11) is 3.51. The molecule has 0 radical (unpaired) electrons. The van der Waals surface area contributed by atoms with E-state index in [9.17, 15) is 4.79 Å². The molecule has 3 heterocycles. The Labute approximate surface area is 165 Å². The number of para-hydroxylation sites is 1. The minimum absolute atomic E-state index is 0.0894. The van der Waals surface area contributed by atoms with Crippen molar-refractivity contribution in [3.63, 3.8) is 0 Å². The molecular weight excluding hydrogens is 356 g/mol. The van der Waals surface area contributed by atoms with Crippen molar-refractivity contribution in [1.82, 2.24) is 20.0 Å². The van der Waals surface area contributed by atoms with Crippen molar-refractivity contribution in [2.75, 3.05) is 27.4 Å². The molecule has 1 N–H and O–H groups in total. The third-order valence-corrected chi connectivity index (χ3v) is 5.77. The molecule has 2 aromatic rings. The first kappa shape index (κ1) is 19.0. The number of nitrogens with one attached hydrogen (secondary N) is 1. The number of rotatable bonds is 7. The Morgan fingerprint density at radius 3 is 2.61 bits per heavy atom. The van der Waals surface area contributed by atoms with Gasteiger partial charge in [-0.3, -0.25) is 4.79 Å². The van der Waals surface area contributed by atoms with Crippen molar-refractivity contribution in [3.05, 3.63) is 42.2 Å². The molecule has 0 spiro atoms. The predicted molar refractivity (Wildman–Crippen MR) is 106 cm³/mol. The number of aromatic nitrogens is 2. The highest BCUT2D eigenvalue weighted by Crippen LogP contribution is 2.31. The van der Waals surface area contributed by atoms with Gasteiger partial charge in [0.2, 0.25) is 0 Å². The van der Waals surface area contributed by atoms with Crippen LogP contribution in [0.25, 0.3) is 5.69 Å². The first-order valence-electron chi connectivity index (χ1n) is 9.95. The van der Waals surface area contributed by atoms with Gasteiger partial charge >= 0.3 is 0 Å². The number of carbonyl (C=O) groups excluding carboxylic acids is 1. The number of hydrogen-bond acceptors (Lipinski definition) is 5. The fourth-order valence-electron chi connectivity index (χ4n) is 4.24. The second-order valence-electron chi connectivity index (χ2n) is 7.64. The van der Waals surface area contributed by atoms with Crippen LogP contribution in [0.2, 0.25) is 0 Å². The lowest BCUT2D eigenvalue weighted by Crippen LogP contribution is -2.48. The summed E-state index contributed by atoms with van der Waals surface area (Å²) in [6.07, 6.45) is 6.18. The molecule has 0 aliphatic carbocycles. The maximum absolute atomic E-state index is 13.3. The van der Waals surface area contributed by atoms with Gasteiger partial charge in [0.15, 0.2) is 11.4 Å². The number of amides is 1. The zero-order chi connectivity index (χ0) is 19.5. The summed E-state index contributed by atoms with van der Waals surface area (Å²) in [5.41, 5.74) is 1.24. The van der Waals surface area contributed by atoms with Crippen LogP contribution < -0.4 is 10.1 Å². The minimum atomic E-state index is -0.0894. The van der Waals surface area contributed by atoms with Crippen LogP contribution in [0.4, 0.5) is 0 Å². The third-order valence-electron chi connectivity index (χ3n) is 5.77. The van der Waals surface area contributed by atoms with Crippen LogP contribution in [0.3, 0.4) is 0 Å². The SMILES string of the molecule is COCCOc1cn(-c2ccccc2)nc1C(=O)N(C)C1CC2CCC(C1)N2. The molecule has 2 bridgehead atoms. The number of piperidine rings is 1. The van der Waals surface area contributed by atoms with E-state index in [2.05, 4.69) is 10.4 Å². The van der Waals surface area contributed by atoms with Crippen molar-refractivity contribution < 1.29 is 14.3 Å². The molecule has 2 aliphatic heterocycles. The second-order valence-corrected chi connectivity index (χ2v) is 7.64. The summed E-state index contributed by atoms with van der Waals surface area (Å²) in [6, 6.07) is 11.0. The molecule has 2 aliphatic rings. The largest absolute Gasteiger partial charge is 0.487 e. The summed E-state index contributed by atoms with van der Waals surface area (Å²) in [4.78, 5) is 15.1. The molecule has 1 aromatic heterocycles. The number of hydrogen-bond donors (Lipinski definition) is 1. The van der Waals surface area contributed by atoms with Crippen molar-refractivity contribution in [1.29, 1.82) is 0 Å². The topological polar surface area (TPSA) is 68.6 Å². The summed E-state index contributed by atoms with van der Waals surface area (Å²) < 4.78 is 12.6. The van der Waals surface area contributed by atoms with E-state index in [0.717, 1.165) is 18.5 Å². The van der Waals surface area contributed by atoms with Gasteiger partial charge in [0.1, 0.15) is 6.61 Å². The van der Waals surface area contributed by atoms with Crippen LogP contribution in [0.5, 0.6) is 5.75 Å². The number of methoxy groups -OCH3 is 1. The lowest BCUT2D eigenvalue weighted by molar-refractivity contribution is 0.0668. The Balaban J connectivity index is 1.57. The van der Waals surface area contributed by atoms with Crippen LogP contribution in [-0.2, 0) is 4.74 Å². The van der Waals surface area contributed by atoms with Crippen LogP contribution >= 0.6 is 0 Å². The molecule has 150 valence electrons. The van der Waals surface area contributed by atoms with E-state index in [4.69, 9.17) is 9.47 Å². The Morgan fingerprint density at radius 2 is 1.93 bits per heavy atom. The van der Waals surface area contributed by atoms with Gasteiger partial charge in [-0.25, -0.2) is 4.68 Å². The molecule has 1 amide bonds. The summed E-state index contributed by atoms with van der Waals surface area (Å²) >= 11 is 0. The number of carbonyl (C=O) groups is 1. The quantitative estimate of drug-likeness (QED) is 0.742.